The van der Waals surface area contributed by atoms with Crippen molar-refractivity contribution in [3.05, 3.63) is 84.3 Å². The third-order valence-electron chi connectivity index (χ3n) is 4.74. The average molecular weight is 398 g/mol. The number of furan rings is 1. The van der Waals surface area contributed by atoms with Gasteiger partial charge in [-0.15, -0.1) is 0 Å². The van der Waals surface area contributed by atoms with Gasteiger partial charge in [-0.05, 0) is 55.5 Å². The number of hydrogen-bond acceptors (Lipinski definition) is 4. The number of hydrogen-bond donors (Lipinski definition) is 0. The molecule has 1 aromatic heterocycles. The first-order chi connectivity index (χ1) is 13.3. The van der Waals surface area contributed by atoms with E-state index < -0.39 is 10.0 Å². The second-order valence-corrected chi connectivity index (χ2v) is 8.41. The summed E-state index contributed by atoms with van der Waals surface area (Å²) in [6, 6.07) is 18.1. The third kappa shape index (κ3) is 3.80. The third-order valence-corrected chi connectivity index (χ3v) is 6.54. The maximum atomic E-state index is 12.8. The van der Waals surface area contributed by atoms with Crippen LogP contribution in [-0.4, -0.2) is 33.3 Å². The Morgan fingerprint density at radius 1 is 0.929 bits per heavy atom. The lowest BCUT2D eigenvalue weighted by Crippen LogP contribution is -2.29. The fourth-order valence-electron chi connectivity index (χ4n) is 2.80. The van der Waals surface area contributed by atoms with Crippen molar-refractivity contribution in [2.24, 2.45) is 0 Å². The molecule has 146 valence electrons. The van der Waals surface area contributed by atoms with Gasteiger partial charge in [0.2, 0.25) is 0 Å². The van der Waals surface area contributed by atoms with Crippen LogP contribution in [0.3, 0.4) is 0 Å². The lowest BCUT2D eigenvalue weighted by molar-refractivity contribution is 0.0726. The molecule has 1 unspecified atom stereocenters. The summed E-state index contributed by atoms with van der Waals surface area (Å²) in [7, 11) is -0.527. The van der Waals surface area contributed by atoms with Crippen molar-refractivity contribution in [3.8, 4) is 0 Å². The SMILES string of the molecule is CC(c1ccco1)N(C)C(=O)c1ccc(S(=O)(=O)N(C)c2ccccc2)cc1. The zero-order valence-corrected chi connectivity index (χ0v) is 16.8. The van der Waals surface area contributed by atoms with Gasteiger partial charge in [0, 0.05) is 19.7 Å². The molecule has 0 fully saturated rings. The molecule has 0 aliphatic heterocycles. The number of para-hydroxylation sites is 1. The Morgan fingerprint density at radius 2 is 1.57 bits per heavy atom. The topological polar surface area (TPSA) is 70.8 Å². The summed E-state index contributed by atoms with van der Waals surface area (Å²) < 4.78 is 32.2. The Hall–Kier alpha value is -3.06. The number of carbonyl (C=O) groups is 1. The average Bonchev–Trinajstić information content (AvgIpc) is 3.27. The van der Waals surface area contributed by atoms with Gasteiger partial charge in [-0.3, -0.25) is 9.10 Å². The molecule has 1 amide bonds. The predicted octanol–water partition coefficient (Wildman–Crippen LogP) is 3.94. The molecule has 1 heterocycles. The minimum Gasteiger partial charge on any atom is -0.467 e. The van der Waals surface area contributed by atoms with E-state index in [0.717, 1.165) is 0 Å². The maximum Gasteiger partial charge on any atom is 0.264 e. The van der Waals surface area contributed by atoms with Gasteiger partial charge >= 0.3 is 0 Å². The highest BCUT2D eigenvalue weighted by Crippen LogP contribution is 2.24. The number of sulfonamides is 1. The van der Waals surface area contributed by atoms with Crippen LogP contribution in [0.15, 0.2) is 82.3 Å². The highest BCUT2D eigenvalue weighted by Gasteiger charge is 2.24. The van der Waals surface area contributed by atoms with Gasteiger partial charge in [0.05, 0.1) is 22.9 Å². The van der Waals surface area contributed by atoms with Gasteiger partial charge < -0.3 is 9.32 Å². The molecule has 0 aliphatic carbocycles. The normalized spacial score (nSPS) is 12.4. The second-order valence-electron chi connectivity index (χ2n) is 6.44. The molecule has 7 heteroatoms. The molecule has 0 saturated heterocycles. The van der Waals surface area contributed by atoms with E-state index in [1.807, 2.05) is 19.1 Å². The molecule has 0 bridgehead atoms. The Morgan fingerprint density at radius 3 is 2.14 bits per heavy atom. The van der Waals surface area contributed by atoms with E-state index in [1.165, 1.54) is 35.6 Å². The summed E-state index contributed by atoms with van der Waals surface area (Å²) in [5, 5.41) is 0. The molecule has 3 rings (SSSR count). The van der Waals surface area contributed by atoms with Crippen molar-refractivity contribution in [2.75, 3.05) is 18.4 Å². The molecular weight excluding hydrogens is 376 g/mol. The monoisotopic (exact) mass is 398 g/mol. The Labute approximate surface area is 165 Å². The predicted molar refractivity (Wildman–Crippen MR) is 108 cm³/mol. The first kappa shape index (κ1) is 19.7. The van der Waals surface area contributed by atoms with E-state index >= 15 is 0 Å². The zero-order valence-electron chi connectivity index (χ0n) is 15.9. The smallest absolute Gasteiger partial charge is 0.264 e. The lowest BCUT2D eigenvalue weighted by Gasteiger charge is -2.23. The van der Waals surface area contributed by atoms with Gasteiger partial charge in [0.1, 0.15) is 5.76 Å². The number of amides is 1. The second kappa shape index (κ2) is 7.90. The van der Waals surface area contributed by atoms with Crippen LogP contribution in [0.2, 0.25) is 0 Å². The lowest BCUT2D eigenvalue weighted by atomic mass is 10.1. The van der Waals surface area contributed by atoms with Gasteiger partial charge in [0.25, 0.3) is 15.9 Å². The fraction of sp³-hybridized carbons (Fsp3) is 0.190. The largest absolute Gasteiger partial charge is 0.467 e. The summed E-state index contributed by atoms with van der Waals surface area (Å²) in [6.45, 7) is 1.87. The van der Waals surface area contributed by atoms with E-state index in [1.54, 1.807) is 48.5 Å². The van der Waals surface area contributed by atoms with Crippen molar-refractivity contribution >= 4 is 21.6 Å². The molecule has 0 N–H and O–H groups in total. The van der Waals surface area contributed by atoms with E-state index in [2.05, 4.69) is 0 Å². The van der Waals surface area contributed by atoms with Crippen molar-refractivity contribution in [2.45, 2.75) is 17.9 Å². The molecule has 3 aromatic rings. The maximum absolute atomic E-state index is 12.8. The first-order valence-corrected chi connectivity index (χ1v) is 10.2. The molecule has 0 aliphatic rings. The zero-order chi connectivity index (χ0) is 20.3. The quantitative estimate of drug-likeness (QED) is 0.631. The summed E-state index contributed by atoms with van der Waals surface area (Å²) in [6.07, 6.45) is 1.56. The summed E-state index contributed by atoms with van der Waals surface area (Å²) >= 11 is 0. The first-order valence-electron chi connectivity index (χ1n) is 8.77. The Bertz CT molecular complexity index is 1030. The van der Waals surface area contributed by atoms with Gasteiger partial charge in [-0.1, -0.05) is 18.2 Å². The highest BCUT2D eigenvalue weighted by atomic mass is 32.2. The van der Waals surface area contributed by atoms with E-state index in [0.29, 0.717) is 17.0 Å². The number of rotatable bonds is 6. The van der Waals surface area contributed by atoms with Crippen molar-refractivity contribution in [3.63, 3.8) is 0 Å². The molecular formula is C21H22N2O4S. The van der Waals surface area contributed by atoms with E-state index in [4.69, 9.17) is 4.42 Å². The van der Waals surface area contributed by atoms with E-state index in [9.17, 15) is 13.2 Å². The van der Waals surface area contributed by atoms with Crippen LogP contribution >= 0.6 is 0 Å². The number of benzene rings is 2. The number of anilines is 1. The van der Waals surface area contributed by atoms with Gasteiger partial charge in [-0.2, -0.15) is 0 Å². The van der Waals surface area contributed by atoms with Crippen molar-refractivity contribution in [1.29, 1.82) is 0 Å². The molecule has 0 saturated carbocycles. The molecule has 0 radical (unpaired) electrons. The molecule has 2 aromatic carbocycles. The van der Waals surface area contributed by atoms with Crippen LogP contribution in [-0.2, 0) is 10.0 Å². The van der Waals surface area contributed by atoms with Crippen LogP contribution in [0.4, 0.5) is 5.69 Å². The minimum atomic E-state index is -3.71. The van der Waals surface area contributed by atoms with Crippen LogP contribution in [0.25, 0.3) is 0 Å². The van der Waals surface area contributed by atoms with Crippen LogP contribution in [0.5, 0.6) is 0 Å². The van der Waals surface area contributed by atoms with Crippen LogP contribution in [0.1, 0.15) is 29.1 Å². The number of nitrogens with zero attached hydrogens (tertiary/aromatic N) is 2. The van der Waals surface area contributed by atoms with Gasteiger partial charge in [-0.25, -0.2) is 8.42 Å². The Balaban J connectivity index is 1.80. The number of carbonyl (C=O) groups excluding carboxylic acids is 1. The van der Waals surface area contributed by atoms with Crippen LogP contribution in [0, 0.1) is 0 Å². The molecule has 0 spiro atoms. The van der Waals surface area contributed by atoms with Gasteiger partial charge in [0.15, 0.2) is 0 Å². The van der Waals surface area contributed by atoms with Crippen molar-refractivity contribution in [1.82, 2.24) is 4.90 Å². The minimum absolute atomic E-state index is 0.122. The van der Waals surface area contributed by atoms with Crippen molar-refractivity contribution < 1.29 is 17.6 Å². The summed E-state index contributed by atoms with van der Waals surface area (Å²) in [5.41, 5.74) is 0.969. The van der Waals surface area contributed by atoms with E-state index in [-0.39, 0.29) is 16.8 Å². The molecule has 6 nitrogen and oxygen atoms in total. The Kier molecular flexibility index (Phi) is 5.56. The highest BCUT2D eigenvalue weighted by molar-refractivity contribution is 7.92. The summed E-state index contributed by atoms with van der Waals surface area (Å²) in [5.74, 6) is 0.462. The fourth-order valence-corrected chi connectivity index (χ4v) is 4.00. The van der Waals surface area contributed by atoms with Crippen LogP contribution < -0.4 is 4.31 Å². The standard InChI is InChI=1S/C21H22N2O4S/c1-16(20-10-7-15-27-20)22(2)21(24)17-11-13-19(14-12-17)28(25,26)23(3)18-8-5-4-6-9-18/h4-16H,1-3H3. The molecule has 1 atom stereocenters. The summed E-state index contributed by atoms with van der Waals surface area (Å²) in [4.78, 5) is 14.4. The molecule has 28 heavy (non-hydrogen) atoms.